The summed E-state index contributed by atoms with van der Waals surface area (Å²) < 4.78 is 0. The van der Waals surface area contributed by atoms with E-state index < -0.39 is 18.1 Å². The summed E-state index contributed by atoms with van der Waals surface area (Å²) in [4.78, 5) is 56.6. The highest BCUT2D eigenvalue weighted by Gasteiger charge is 2.52. The lowest BCUT2D eigenvalue weighted by atomic mass is 10.0. The molecule has 1 aromatic carbocycles. The van der Waals surface area contributed by atoms with E-state index in [1.165, 1.54) is 4.90 Å². The van der Waals surface area contributed by atoms with Gasteiger partial charge in [0.2, 0.25) is 11.8 Å². The molecule has 3 amide bonds. The van der Waals surface area contributed by atoms with E-state index in [0.29, 0.717) is 24.9 Å². The van der Waals surface area contributed by atoms with Crippen LogP contribution in [0.3, 0.4) is 0 Å². The number of benzene rings is 1. The number of rotatable bonds is 7. The van der Waals surface area contributed by atoms with Crippen molar-refractivity contribution in [2.24, 2.45) is 11.7 Å². The first-order valence-corrected chi connectivity index (χ1v) is 11.5. The van der Waals surface area contributed by atoms with Crippen molar-refractivity contribution in [1.82, 2.24) is 15.1 Å². The van der Waals surface area contributed by atoms with E-state index in [1.807, 2.05) is 45.0 Å². The summed E-state index contributed by atoms with van der Waals surface area (Å²) in [5.41, 5.74) is 7.18. The third-order valence-corrected chi connectivity index (χ3v) is 6.33. The maximum atomic E-state index is 13.5. The van der Waals surface area contributed by atoms with Gasteiger partial charge in [-0.3, -0.25) is 19.2 Å². The second-order valence-corrected chi connectivity index (χ2v) is 9.65. The summed E-state index contributed by atoms with van der Waals surface area (Å²) in [5.74, 6) is -0.893. The van der Waals surface area contributed by atoms with Crippen molar-refractivity contribution in [2.75, 3.05) is 32.1 Å². The van der Waals surface area contributed by atoms with Gasteiger partial charge in [-0.05, 0) is 49.9 Å². The number of nitrogens with one attached hydrogen (secondary N) is 1. The van der Waals surface area contributed by atoms with Crippen LogP contribution < -0.4 is 16.0 Å². The molecule has 0 radical (unpaired) electrons. The Balaban J connectivity index is 1.76. The molecule has 180 valence electrons. The molecule has 2 aliphatic rings. The summed E-state index contributed by atoms with van der Waals surface area (Å²) in [6.45, 7) is 5.89. The summed E-state index contributed by atoms with van der Waals surface area (Å²) in [6.07, 6.45) is 0.972. The molecular formula is C24H35N5O4. The quantitative estimate of drug-likeness (QED) is 0.620. The van der Waals surface area contributed by atoms with E-state index in [4.69, 9.17) is 5.73 Å². The lowest BCUT2D eigenvalue weighted by molar-refractivity contribution is -0.138. The third kappa shape index (κ3) is 5.19. The molecule has 3 N–H and O–H groups in total. The fraction of sp³-hybridized carbons (Fsp3) is 0.583. The van der Waals surface area contributed by atoms with Crippen LogP contribution in [0.1, 0.15) is 44.0 Å². The number of likely N-dealkylation sites (tertiary alicyclic amines) is 2. The van der Waals surface area contributed by atoms with Gasteiger partial charge in [-0.2, -0.15) is 0 Å². The number of hydrogen-bond donors (Lipinski definition) is 2. The highest BCUT2D eigenvalue weighted by molar-refractivity contribution is 6.01. The standard InChI is InChI=1S/C24H35N5O4/c1-14(2)12-18(26-22(31)16-6-8-17(9-7-16)27(4)5)24(33)28-11-10-19-21(28)20(30)13-29(19)23(32)15(3)25/h6-9,14-15,18-19,21H,10-13,25H2,1-5H3,(H,26,31)/t15-,18?,19+,21-/m0/s1. The zero-order valence-corrected chi connectivity index (χ0v) is 20.1. The van der Waals surface area contributed by atoms with Gasteiger partial charge in [-0.15, -0.1) is 0 Å². The average Bonchev–Trinajstić information content (AvgIpc) is 3.33. The number of nitrogens with zero attached hydrogens (tertiary/aromatic N) is 3. The third-order valence-electron chi connectivity index (χ3n) is 6.33. The Morgan fingerprint density at radius 1 is 1.09 bits per heavy atom. The molecule has 1 aromatic rings. The summed E-state index contributed by atoms with van der Waals surface area (Å²) in [6, 6.07) is 4.67. The predicted molar refractivity (Wildman–Crippen MR) is 126 cm³/mol. The van der Waals surface area contributed by atoms with Gasteiger partial charge < -0.3 is 25.8 Å². The molecule has 3 rings (SSSR count). The van der Waals surface area contributed by atoms with Crippen molar-refractivity contribution in [2.45, 2.75) is 57.8 Å². The van der Waals surface area contributed by atoms with Gasteiger partial charge in [0.05, 0.1) is 18.6 Å². The Bertz CT molecular complexity index is 912. The fourth-order valence-corrected chi connectivity index (χ4v) is 4.67. The molecule has 2 heterocycles. The highest BCUT2D eigenvalue weighted by Crippen LogP contribution is 2.31. The summed E-state index contributed by atoms with van der Waals surface area (Å²) in [7, 11) is 3.84. The lowest BCUT2D eigenvalue weighted by Crippen LogP contribution is -2.53. The van der Waals surface area contributed by atoms with E-state index in [0.717, 1.165) is 5.69 Å². The molecule has 1 unspecified atom stereocenters. The summed E-state index contributed by atoms with van der Waals surface area (Å²) >= 11 is 0. The molecule has 0 spiro atoms. The average molecular weight is 458 g/mol. The van der Waals surface area contributed by atoms with Crippen LogP contribution in [-0.4, -0.2) is 84.7 Å². The van der Waals surface area contributed by atoms with Gasteiger partial charge in [0, 0.05) is 31.9 Å². The highest BCUT2D eigenvalue weighted by atomic mass is 16.2. The normalized spacial score (nSPS) is 21.7. The van der Waals surface area contributed by atoms with E-state index in [2.05, 4.69) is 5.32 Å². The van der Waals surface area contributed by atoms with E-state index in [1.54, 1.807) is 24.0 Å². The number of anilines is 1. The maximum absolute atomic E-state index is 13.5. The van der Waals surface area contributed by atoms with E-state index in [9.17, 15) is 19.2 Å². The number of carbonyl (C=O) groups excluding carboxylic acids is 4. The second-order valence-electron chi connectivity index (χ2n) is 9.65. The smallest absolute Gasteiger partial charge is 0.251 e. The molecule has 2 aliphatic heterocycles. The first kappa shape index (κ1) is 24.7. The van der Waals surface area contributed by atoms with Crippen LogP contribution in [0.5, 0.6) is 0 Å². The van der Waals surface area contributed by atoms with Gasteiger partial charge >= 0.3 is 0 Å². The first-order chi connectivity index (χ1) is 15.5. The Kier molecular flexibility index (Phi) is 7.41. The number of hydrogen-bond acceptors (Lipinski definition) is 6. The van der Waals surface area contributed by atoms with Crippen LogP contribution in [0.25, 0.3) is 0 Å². The van der Waals surface area contributed by atoms with Crippen LogP contribution >= 0.6 is 0 Å². The minimum absolute atomic E-state index is 0.0289. The molecule has 4 atom stereocenters. The zero-order chi connectivity index (χ0) is 24.4. The maximum Gasteiger partial charge on any atom is 0.251 e. The SMILES string of the molecule is CC(C)CC(NC(=O)c1ccc(N(C)C)cc1)C(=O)N1CC[C@@H]2[C@H]1C(=O)CN2C(=O)[C@H](C)N. The lowest BCUT2D eigenvalue weighted by Gasteiger charge is -2.29. The topological polar surface area (TPSA) is 116 Å². The van der Waals surface area contributed by atoms with Crippen molar-refractivity contribution in [1.29, 1.82) is 0 Å². The molecule has 9 heteroatoms. The summed E-state index contributed by atoms with van der Waals surface area (Å²) in [5, 5.41) is 2.88. The molecule has 0 bridgehead atoms. The van der Waals surface area contributed by atoms with Crippen molar-refractivity contribution in [3.05, 3.63) is 29.8 Å². The van der Waals surface area contributed by atoms with Crippen LogP contribution in [0.2, 0.25) is 0 Å². The van der Waals surface area contributed by atoms with Crippen LogP contribution in [-0.2, 0) is 14.4 Å². The molecule has 0 aliphatic carbocycles. The number of fused-ring (bicyclic) bond motifs is 1. The van der Waals surface area contributed by atoms with Crippen molar-refractivity contribution < 1.29 is 19.2 Å². The fourth-order valence-electron chi connectivity index (χ4n) is 4.67. The van der Waals surface area contributed by atoms with E-state index in [-0.39, 0.29) is 42.0 Å². The predicted octanol–water partition coefficient (Wildman–Crippen LogP) is 0.625. The largest absolute Gasteiger partial charge is 0.378 e. The molecule has 2 fully saturated rings. The van der Waals surface area contributed by atoms with E-state index >= 15 is 0 Å². The molecule has 33 heavy (non-hydrogen) atoms. The number of Topliss-reactive ketones (excluding diaryl/α,β-unsaturated/α-hetero) is 1. The number of carbonyl (C=O) groups is 4. The minimum Gasteiger partial charge on any atom is -0.378 e. The van der Waals surface area contributed by atoms with Gasteiger partial charge in [-0.25, -0.2) is 0 Å². The van der Waals surface area contributed by atoms with Crippen LogP contribution in [0.4, 0.5) is 5.69 Å². The van der Waals surface area contributed by atoms with Gasteiger partial charge in [0.25, 0.3) is 5.91 Å². The zero-order valence-electron chi connectivity index (χ0n) is 20.1. The molecule has 0 saturated carbocycles. The van der Waals surface area contributed by atoms with Crippen molar-refractivity contribution in [3.8, 4) is 0 Å². The van der Waals surface area contributed by atoms with Crippen molar-refractivity contribution >= 4 is 29.2 Å². The van der Waals surface area contributed by atoms with Gasteiger partial charge in [0.15, 0.2) is 5.78 Å². The number of ketones is 1. The molecule has 0 aromatic heterocycles. The Morgan fingerprint density at radius 2 is 1.73 bits per heavy atom. The Labute approximate surface area is 195 Å². The van der Waals surface area contributed by atoms with Crippen LogP contribution in [0, 0.1) is 5.92 Å². The molecular weight excluding hydrogens is 422 g/mol. The Morgan fingerprint density at radius 3 is 2.27 bits per heavy atom. The monoisotopic (exact) mass is 457 g/mol. The van der Waals surface area contributed by atoms with Crippen LogP contribution in [0.15, 0.2) is 24.3 Å². The van der Waals surface area contributed by atoms with Gasteiger partial charge in [0.1, 0.15) is 12.1 Å². The minimum atomic E-state index is -0.754. The second kappa shape index (κ2) is 9.91. The number of nitrogens with two attached hydrogens (primary N) is 1. The Hall–Kier alpha value is -2.94. The number of amides is 3. The first-order valence-electron chi connectivity index (χ1n) is 11.5. The van der Waals surface area contributed by atoms with Crippen molar-refractivity contribution in [3.63, 3.8) is 0 Å². The molecule has 9 nitrogen and oxygen atoms in total. The van der Waals surface area contributed by atoms with Gasteiger partial charge in [-0.1, -0.05) is 13.8 Å². The molecule has 2 saturated heterocycles.